The van der Waals surface area contributed by atoms with Crippen LogP contribution in [0.25, 0.3) is 10.9 Å². The molecule has 10 nitrogen and oxygen atoms in total. The van der Waals surface area contributed by atoms with E-state index in [1.165, 1.54) is 0 Å². The van der Waals surface area contributed by atoms with E-state index in [-0.39, 0.29) is 35.8 Å². The molecule has 1 aromatic carbocycles. The molecule has 220 valence electrons. The number of amides is 3. The Kier molecular flexibility index (Phi) is 8.61. The summed E-state index contributed by atoms with van der Waals surface area (Å²) in [5.74, 6) is -2.73. The first-order valence-electron chi connectivity index (χ1n) is 14.1. The van der Waals surface area contributed by atoms with Gasteiger partial charge in [-0.05, 0) is 55.7 Å². The molecule has 5 rings (SSSR count). The lowest BCUT2D eigenvalue weighted by Crippen LogP contribution is -2.54. The number of halogens is 2. The van der Waals surface area contributed by atoms with Crippen LogP contribution in [-0.4, -0.2) is 71.1 Å². The summed E-state index contributed by atoms with van der Waals surface area (Å²) in [6.07, 6.45) is 3.28. The number of hydrogen-bond acceptors (Lipinski definition) is 6. The van der Waals surface area contributed by atoms with Crippen molar-refractivity contribution >= 4 is 63.6 Å². The SMILES string of the molecule is CC(C)C(=O)OCC(=O)C(CC1CCNC1=O)NC(=O)C1C2CCCC2CN1C(=O)c1cc2c(Cl)cc(Cl)cc2[nH]1. The number of carbonyl (C=O) groups is 5. The van der Waals surface area contributed by atoms with Crippen molar-refractivity contribution in [2.75, 3.05) is 19.7 Å². The van der Waals surface area contributed by atoms with Gasteiger partial charge in [-0.2, -0.15) is 0 Å². The van der Waals surface area contributed by atoms with E-state index in [0.717, 1.165) is 19.3 Å². The van der Waals surface area contributed by atoms with Crippen LogP contribution in [0.15, 0.2) is 18.2 Å². The number of ether oxygens (including phenoxy) is 1. The van der Waals surface area contributed by atoms with Crippen LogP contribution in [0, 0.1) is 23.7 Å². The number of fused-ring (bicyclic) bond motifs is 2. The monoisotopic (exact) mass is 604 g/mol. The lowest BCUT2D eigenvalue weighted by molar-refractivity contribution is -0.151. The first kappa shape index (κ1) is 29.4. The first-order chi connectivity index (χ1) is 19.5. The Morgan fingerprint density at radius 1 is 1.12 bits per heavy atom. The smallest absolute Gasteiger partial charge is 0.308 e. The molecule has 3 aliphatic rings. The lowest BCUT2D eigenvalue weighted by atomic mass is 9.92. The molecule has 3 N–H and O–H groups in total. The molecule has 2 aromatic rings. The van der Waals surface area contributed by atoms with Gasteiger partial charge in [-0.1, -0.05) is 43.5 Å². The maximum atomic E-state index is 13.9. The van der Waals surface area contributed by atoms with Gasteiger partial charge >= 0.3 is 5.97 Å². The molecule has 0 bridgehead atoms. The van der Waals surface area contributed by atoms with Crippen LogP contribution in [0.5, 0.6) is 0 Å². The minimum Gasteiger partial charge on any atom is -0.457 e. The summed E-state index contributed by atoms with van der Waals surface area (Å²) in [7, 11) is 0. The summed E-state index contributed by atoms with van der Waals surface area (Å²) >= 11 is 12.5. The number of benzene rings is 1. The normalized spacial score (nSPS) is 24.4. The molecule has 1 saturated carbocycles. The molecule has 41 heavy (non-hydrogen) atoms. The second-order valence-electron chi connectivity index (χ2n) is 11.6. The van der Waals surface area contributed by atoms with Gasteiger partial charge in [0.25, 0.3) is 5.91 Å². The third kappa shape index (κ3) is 6.09. The van der Waals surface area contributed by atoms with Gasteiger partial charge in [0, 0.05) is 34.9 Å². The van der Waals surface area contributed by atoms with E-state index >= 15 is 0 Å². The second kappa shape index (κ2) is 12.0. The van der Waals surface area contributed by atoms with Gasteiger partial charge in [0.1, 0.15) is 11.7 Å². The molecule has 3 amide bonds. The Balaban J connectivity index is 1.38. The third-order valence-corrected chi connectivity index (χ3v) is 9.05. The van der Waals surface area contributed by atoms with E-state index in [0.29, 0.717) is 40.5 Å². The Bertz CT molecular complexity index is 1390. The quantitative estimate of drug-likeness (QED) is 0.375. The molecule has 12 heteroatoms. The number of nitrogens with zero attached hydrogens (tertiary/aromatic N) is 1. The number of Topliss-reactive ketones (excluding diaryl/α,β-unsaturated/α-hetero) is 1. The number of likely N-dealkylation sites (tertiary alicyclic amines) is 1. The van der Waals surface area contributed by atoms with Crippen molar-refractivity contribution in [1.82, 2.24) is 20.5 Å². The van der Waals surface area contributed by atoms with E-state index in [9.17, 15) is 24.0 Å². The summed E-state index contributed by atoms with van der Waals surface area (Å²) in [5, 5.41) is 7.09. The Hall–Kier alpha value is -3.11. The highest BCUT2D eigenvalue weighted by Gasteiger charge is 2.50. The highest BCUT2D eigenvalue weighted by atomic mass is 35.5. The fourth-order valence-corrected chi connectivity index (χ4v) is 6.92. The molecule has 5 unspecified atom stereocenters. The predicted octanol–water partition coefficient (Wildman–Crippen LogP) is 3.49. The zero-order valence-corrected chi connectivity index (χ0v) is 24.5. The molecule has 3 fully saturated rings. The van der Waals surface area contributed by atoms with E-state index in [2.05, 4.69) is 15.6 Å². The average molecular weight is 606 g/mol. The van der Waals surface area contributed by atoms with Gasteiger partial charge < -0.3 is 25.3 Å². The number of aromatic nitrogens is 1. The van der Waals surface area contributed by atoms with Crippen molar-refractivity contribution in [3.8, 4) is 0 Å². The highest BCUT2D eigenvalue weighted by molar-refractivity contribution is 6.38. The fraction of sp³-hybridized carbons (Fsp3) is 0.552. The van der Waals surface area contributed by atoms with Crippen molar-refractivity contribution in [2.24, 2.45) is 23.7 Å². The molecule has 3 heterocycles. The third-order valence-electron chi connectivity index (χ3n) is 8.52. The summed E-state index contributed by atoms with van der Waals surface area (Å²) in [6.45, 7) is 3.73. The van der Waals surface area contributed by atoms with Gasteiger partial charge in [0.15, 0.2) is 12.4 Å². The van der Waals surface area contributed by atoms with E-state index < -0.39 is 48.2 Å². The summed E-state index contributed by atoms with van der Waals surface area (Å²) < 4.78 is 5.15. The molecule has 0 radical (unpaired) electrons. The number of carbonyl (C=O) groups excluding carboxylic acids is 5. The molecule has 1 aliphatic carbocycles. The van der Waals surface area contributed by atoms with Gasteiger partial charge in [0.2, 0.25) is 11.8 Å². The van der Waals surface area contributed by atoms with Crippen LogP contribution in [0.3, 0.4) is 0 Å². The number of aromatic amines is 1. The minimum absolute atomic E-state index is 0.0503. The van der Waals surface area contributed by atoms with E-state index in [1.54, 1.807) is 36.9 Å². The second-order valence-corrected chi connectivity index (χ2v) is 12.4. The fourth-order valence-electron chi connectivity index (χ4n) is 6.37. The standard InChI is InChI=1S/C29H34Cl2N4O6/c1-14(2)29(40)41-13-24(36)22(8-15-6-7-32-26(15)37)34-27(38)25-18-5-3-4-16(18)12-35(25)28(39)23-11-19-20(31)9-17(30)10-21(19)33-23/h9-11,14-16,18,22,25,33H,3-8,12-13H2,1-2H3,(H,32,37)(H,34,38). The molecule has 1 aromatic heterocycles. The molecular formula is C29H34Cl2N4O6. The summed E-state index contributed by atoms with van der Waals surface area (Å²) in [6, 6.07) is 3.12. The van der Waals surface area contributed by atoms with Gasteiger partial charge in [0.05, 0.1) is 17.0 Å². The number of nitrogens with one attached hydrogen (secondary N) is 3. The summed E-state index contributed by atoms with van der Waals surface area (Å²) in [4.78, 5) is 69.9. The van der Waals surface area contributed by atoms with Gasteiger partial charge in [-0.3, -0.25) is 24.0 Å². The number of ketones is 1. The largest absolute Gasteiger partial charge is 0.457 e. The maximum absolute atomic E-state index is 13.9. The van der Waals surface area contributed by atoms with Crippen LogP contribution in [0.4, 0.5) is 0 Å². The van der Waals surface area contributed by atoms with Crippen molar-refractivity contribution in [3.63, 3.8) is 0 Å². The molecule has 2 aliphatic heterocycles. The predicted molar refractivity (Wildman–Crippen MR) is 152 cm³/mol. The maximum Gasteiger partial charge on any atom is 0.308 e. The Labute approximate surface area is 247 Å². The van der Waals surface area contributed by atoms with Crippen molar-refractivity contribution in [2.45, 2.75) is 58.0 Å². The van der Waals surface area contributed by atoms with Gasteiger partial charge in [-0.15, -0.1) is 0 Å². The Morgan fingerprint density at radius 3 is 2.61 bits per heavy atom. The van der Waals surface area contributed by atoms with Crippen LogP contribution >= 0.6 is 23.2 Å². The van der Waals surface area contributed by atoms with Gasteiger partial charge in [-0.25, -0.2) is 0 Å². The highest BCUT2D eigenvalue weighted by Crippen LogP contribution is 2.43. The van der Waals surface area contributed by atoms with E-state index in [4.69, 9.17) is 27.9 Å². The average Bonchev–Trinajstić information content (AvgIpc) is 3.70. The van der Waals surface area contributed by atoms with Crippen molar-refractivity contribution in [1.29, 1.82) is 0 Å². The molecular weight excluding hydrogens is 571 g/mol. The number of esters is 1. The topological polar surface area (TPSA) is 138 Å². The van der Waals surface area contributed by atoms with E-state index in [1.807, 2.05) is 0 Å². The molecule has 0 spiro atoms. The van der Waals surface area contributed by atoms with Crippen LogP contribution in [0.2, 0.25) is 10.0 Å². The number of H-pyrrole nitrogens is 1. The lowest BCUT2D eigenvalue weighted by Gasteiger charge is -2.29. The van der Waals surface area contributed by atoms with Crippen LogP contribution in [0.1, 0.15) is 56.4 Å². The van der Waals surface area contributed by atoms with Crippen molar-refractivity contribution < 1.29 is 28.7 Å². The Morgan fingerprint density at radius 2 is 1.90 bits per heavy atom. The van der Waals surface area contributed by atoms with Crippen molar-refractivity contribution in [3.05, 3.63) is 33.9 Å². The number of hydrogen-bond donors (Lipinski definition) is 3. The summed E-state index contributed by atoms with van der Waals surface area (Å²) in [5.41, 5.74) is 0.903. The molecule has 2 saturated heterocycles. The number of rotatable bonds is 9. The zero-order chi connectivity index (χ0) is 29.4. The zero-order valence-electron chi connectivity index (χ0n) is 23.0. The van der Waals surface area contributed by atoms with Crippen LogP contribution < -0.4 is 10.6 Å². The molecule has 5 atom stereocenters. The minimum atomic E-state index is -1.04. The first-order valence-corrected chi connectivity index (χ1v) is 14.8. The van der Waals surface area contributed by atoms with Crippen LogP contribution in [-0.2, 0) is 23.9 Å².